The van der Waals surface area contributed by atoms with Crippen molar-refractivity contribution in [3.05, 3.63) is 0 Å². The molecule has 0 aromatic heterocycles. The summed E-state index contributed by atoms with van der Waals surface area (Å²) in [6, 6.07) is 0. The van der Waals surface area contributed by atoms with Gasteiger partial charge in [-0.2, -0.15) is 0 Å². The summed E-state index contributed by atoms with van der Waals surface area (Å²) >= 11 is 17.0. The molecule has 0 fully saturated rings. The second-order valence-electron chi connectivity index (χ2n) is 3.01. The maximum atomic E-state index is 11.1. The van der Waals surface area contributed by atoms with E-state index < -0.39 is 16.1 Å². The standard InChI is InChI=1S/C9H16Cl3NO3/c1-3-5-6-16-7(9(10,11)12)13-8(14)15-4-2/h7H,3-6H2,1-2H3,(H,13,14)/t7-/m0/s1. The molecule has 0 spiro atoms. The number of hydrogen-bond donors (Lipinski definition) is 1. The van der Waals surface area contributed by atoms with E-state index >= 15 is 0 Å². The van der Waals surface area contributed by atoms with Gasteiger partial charge < -0.3 is 9.47 Å². The lowest BCUT2D eigenvalue weighted by Gasteiger charge is -2.25. The van der Waals surface area contributed by atoms with Gasteiger partial charge in [0.05, 0.1) is 6.61 Å². The number of ether oxygens (including phenoxy) is 2. The number of unbranched alkanes of at least 4 members (excludes halogenated alkanes) is 1. The number of halogens is 3. The molecule has 0 saturated carbocycles. The second-order valence-corrected chi connectivity index (χ2v) is 5.38. The number of alkyl halides is 3. The molecule has 0 aliphatic rings. The molecule has 0 radical (unpaired) electrons. The highest BCUT2D eigenvalue weighted by molar-refractivity contribution is 6.68. The first kappa shape index (κ1) is 16.1. The Morgan fingerprint density at radius 2 is 2.00 bits per heavy atom. The normalized spacial score (nSPS) is 13.3. The molecular weight excluding hydrogens is 276 g/mol. The first-order chi connectivity index (χ1) is 7.41. The van der Waals surface area contributed by atoms with Crippen molar-refractivity contribution >= 4 is 40.9 Å². The molecule has 16 heavy (non-hydrogen) atoms. The number of nitrogens with one attached hydrogen (secondary N) is 1. The van der Waals surface area contributed by atoms with Crippen molar-refractivity contribution in [1.82, 2.24) is 5.32 Å². The van der Waals surface area contributed by atoms with Crippen LogP contribution in [0, 0.1) is 0 Å². The van der Waals surface area contributed by atoms with Gasteiger partial charge >= 0.3 is 6.09 Å². The monoisotopic (exact) mass is 291 g/mol. The molecule has 1 N–H and O–H groups in total. The molecule has 7 heteroatoms. The zero-order chi connectivity index (χ0) is 12.6. The molecule has 4 nitrogen and oxygen atoms in total. The Hall–Kier alpha value is 0.1000. The first-order valence-electron chi connectivity index (χ1n) is 5.03. The van der Waals surface area contributed by atoms with Crippen LogP contribution in [0.3, 0.4) is 0 Å². The molecule has 0 bridgehead atoms. The van der Waals surface area contributed by atoms with Crippen LogP contribution in [0.1, 0.15) is 26.7 Å². The van der Waals surface area contributed by atoms with Gasteiger partial charge in [0.25, 0.3) is 0 Å². The molecular formula is C9H16Cl3NO3. The zero-order valence-electron chi connectivity index (χ0n) is 9.26. The van der Waals surface area contributed by atoms with Crippen molar-refractivity contribution < 1.29 is 14.3 Å². The number of carbonyl (C=O) groups excluding carboxylic acids is 1. The van der Waals surface area contributed by atoms with Crippen LogP contribution in [-0.4, -0.2) is 29.3 Å². The molecule has 1 atom stereocenters. The SMILES string of the molecule is CCCCO[C@H](NC(=O)OCC)C(Cl)(Cl)Cl. The van der Waals surface area contributed by atoms with Gasteiger partial charge in [-0.3, -0.25) is 5.32 Å². The first-order valence-corrected chi connectivity index (χ1v) is 6.16. The fraction of sp³-hybridized carbons (Fsp3) is 0.889. The van der Waals surface area contributed by atoms with E-state index in [1.54, 1.807) is 6.92 Å². The van der Waals surface area contributed by atoms with Crippen LogP contribution in [0.5, 0.6) is 0 Å². The van der Waals surface area contributed by atoms with Crippen LogP contribution in [0.15, 0.2) is 0 Å². The highest BCUT2D eigenvalue weighted by Gasteiger charge is 2.35. The third kappa shape index (κ3) is 7.39. The average molecular weight is 293 g/mol. The summed E-state index contributed by atoms with van der Waals surface area (Å²) in [5, 5.41) is 2.34. The number of rotatable bonds is 6. The molecule has 96 valence electrons. The molecule has 0 aliphatic heterocycles. The molecule has 0 aromatic rings. The van der Waals surface area contributed by atoms with Gasteiger partial charge in [0.1, 0.15) is 0 Å². The Labute approximate surface area is 111 Å². The lowest BCUT2D eigenvalue weighted by molar-refractivity contribution is 0.0276. The molecule has 0 unspecified atom stereocenters. The molecule has 0 saturated heterocycles. The quantitative estimate of drug-likeness (QED) is 0.464. The second kappa shape index (κ2) is 8.23. The third-order valence-corrected chi connectivity index (χ3v) is 2.20. The third-order valence-electron chi connectivity index (χ3n) is 1.60. The highest BCUT2D eigenvalue weighted by Crippen LogP contribution is 2.31. The van der Waals surface area contributed by atoms with Gasteiger partial charge in [0, 0.05) is 6.61 Å². The summed E-state index contributed by atoms with van der Waals surface area (Å²) in [5.41, 5.74) is 0. The molecule has 1 amide bonds. The number of alkyl carbamates (subject to hydrolysis) is 1. The minimum absolute atomic E-state index is 0.243. The lowest BCUT2D eigenvalue weighted by Crippen LogP contribution is -2.46. The van der Waals surface area contributed by atoms with E-state index in [0.29, 0.717) is 6.61 Å². The maximum Gasteiger partial charge on any atom is 0.409 e. The largest absolute Gasteiger partial charge is 0.450 e. The summed E-state index contributed by atoms with van der Waals surface area (Å²) in [6.07, 6.45) is 0.0895. The van der Waals surface area contributed by atoms with Crippen LogP contribution in [0.4, 0.5) is 4.79 Å². The van der Waals surface area contributed by atoms with Crippen LogP contribution in [-0.2, 0) is 9.47 Å². The highest BCUT2D eigenvalue weighted by atomic mass is 35.6. The van der Waals surface area contributed by atoms with Crippen molar-refractivity contribution in [3.8, 4) is 0 Å². The van der Waals surface area contributed by atoms with E-state index in [0.717, 1.165) is 12.8 Å². The Balaban J connectivity index is 4.16. The molecule has 0 rings (SSSR count). The summed E-state index contributed by atoms with van der Waals surface area (Å²) in [7, 11) is 0. The van der Waals surface area contributed by atoms with E-state index in [1.807, 2.05) is 6.92 Å². The number of carbonyl (C=O) groups is 1. The number of amides is 1. The Bertz CT molecular complexity index is 209. The van der Waals surface area contributed by atoms with Gasteiger partial charge in [-0.1, -0.05) is 48.1 Å². The number of hydrogen-bond acceptors (Lipinski definition) is 3. The lowest BCUT2D eigenvalue weighted by atomic mass is 10.4. The van der Waals surface area contributed by atoms with Crippen LogP contribution < -0.4 is 5.32 Å². The van der Waals surface area contributed by atoms with Crippen molar-refractivity contribution in [2.45, 2.75) is 36.7 Å². The van der Waals surface area contributed by atoms with Crippen molar-refractivity contribution in [2.24, 2.45) is 0 Å². The summed E-state index contributed by atoms with van der Waals surface area (Å²) in [5.74, 6) is 0. The van der Waals surface area contributed by atoms with E-state index in [-0.39, 0.29) is 6.61 Å². The van der Waals surface area contributed by atoms with Gasteiger partial charge in [-0.25, -0.2) is 4.79 Å². The topological polar surface area (TPSA) is 47.6 Å². The average Bonchev–Trinajstić information content (AvgIpc) is 2.15. The van der Waals surface area contributed by atoms with Gasteiger partial charge in [-0.15, -0.1) is 0 Å². The summed E-state index contributed by atoms with van der Waals surface area (Å²) in [6.45, 7) is 4.34. The fourth-order valence-corrected chi connectivity index (χ4v) is 1.20. The Kier molecular flexibility index (Phi) is 8.28. The van der Waals surface area contributed by atoms with Crippen molar-refractivity contribution in [1.29, 1.82) is 0 Å². The fourth-order valence-electron chi connectivity index (χ4n) is 0.843. The molecule has 0 heterocycles. The maximum absolute atomic E-state index is 11.1. The van der Waals surface area contributed by atoms with Gasteiger partial charge in [-0.05, 0) is 13.3 Å². The van der Waals surface area contributed by atoms with Crippen LogP contribution >= 0.6 is 34.8 Å². The zero-order valence-corrected chi connectivity index (χ0v) is 11.5. The minimum Gasteiger partial charge on any atom is -0.450 e. The van der Waals surface area contributed by atoms with Gasteiger partial charge in [0.15, 0.2) is 6.23 Å². The van der Waals surface area contributed by atoms with Crippen molar-refractivity contribution in [3.63, 3.8) is 0 Å². The Morgan fingerprint density at radius 1 is 1.38 bits per heavy atom. The predicted octanol–water partition coefficient (Wildman–Crippen LogP) is 3.25. The molecule has 0 aliphatic carbocycles. The van der Waals surface area contributed by atoms with E-state index in [2.05, 4.69) is 10.1 Å². The van der Waals surface area contributed by atoms with Crippen molar-refractivity contribution in [2.75, 3.05) is 13.2 Å². The predicted molar refractivity (Wildman–Crippen MR) is 65.1 cm³/mol. The van der Waals surface area contributed by atoms with E-state index in [1.165, 1.54) is 0 Å². The van der Waals surface area contributed by atoms with Gasteiger partial charge in [0.2, 0.25) is 3.79 Å². The van der Waals surface area contributed by atoms with E-state index in [9.17, 15) is 4.79 Å². The van der Waals surface area contributed by atoms with E-state index in [4.69, 9.17) is 39.5 Å². The Morgan fingerprint density at radius 3 is 2.44 bits per heavy atom. The summed E-state index contributed by atoms with van der Waals surface area (Å²) in [4.78, 5) is 11.1. The smallest absolute Gasteiger partial charge is 0.409 e. The summed E-state index contributed by atoms with van der Waals surface area (Å²) < 4.78 is 8.20. The minimum atomic E-state index is -1.72. The van der Waals surface area contributed by atoms with Crippen LogP contribution in [0.25, 0.3) is 0 Å². The van der Waals surface area contributed by atoms with Crippen LogP contribution in [0.2, 0.25) is 0 Å². The molecule has 0 aromatic carbocycles.